The van der Waals surface area contributed by atoms with Crippen molar-refractivity contribution in [1.82, 2.24) is 4.98 Å². The fraction of sp³-hybridized carbons (Fsp3) is 0.267. The van der Waals surface area contributed by atoms with Crippen molar-refractivity contribution in [2.45, 2.75) is 18.9 Å². The highest BCUT2D eigenvalue weighted by atomic mass is 19.1. The lowest BCUT2D eigenvalue weighted by molar-refractivity contribution is 0.347. The van der Waals surface area contributed by atoms with Gasteiger partial charge < -0.3 is 10.5 Å². The Balaban J connectivity index is 2.10. The standard InChI is InChI=1S/C15H15FN2O/c1-15(17,13-6-5-11(16)9-18-13)12-4-2-3-10-7-8-19-14(10)12/h2-6,9H,7-8,17H2,1H3. The van der Waals surface area contributed by atoms with E-state index in [1.165, 1.54) is 12.3 Å². The highest BCUT2D eigenvalue weighted by Gasteiger charge is 2.31. The predicted octanol–water partition coefficient (Wildman–Crippen LogP) is 2.38. The third kappa shape index (κ3) is 1.98. The van der Waals surface area contributed by atoms with Crippen LogP contribution in [0.4, 0.5) is 4.39 Å². The average Bonchev–Trinajstić information content (AvgIpc) is 2.87. The van der Waals surface area contributed by atoms with Gasteiger partial charge in [-0.3, -0.25) is 4.98 Å². The fourth-order valence-electron chi connectivity index (χ4n) is 2.45. The lowest BCUT2D eigenvalue weighted by Crippen LogP contribution is -2.35. The molecule has 0 spiro atoms. The van der Waals surface area contributed by atoms with Crippen LogP contribution >= 0.6 is 0 Å². The molecule has 2 N–H and O–H groups in total. The molecule has 1 aromatic carbocycles. The van der Waals surface area contributed by atoms with Gasteiger partial charge >= 0.3 is 0 Å². The van der Waals surface area contributed by atoms with Gasteiger partial charge in [-0.1, -0.05) is 18.2 Å². The Morgan fingerprint density at radius 2 is 2.16 bits per heavy atom. The van der Waals surface area contributed by atoms with E-state index >= 15 is 0 Å². The van der Waals surface area contributed by atoms with Gasteiger partial charge in [0.1, 0.15) is 11.6 Å². The molecule has 19 heavy (non-hydrogen) atoms. The van der Waals surface area contributed by atoms with Crippen LogP contribution in [0.3, 0.4) is 0 Å². The molecule has 0 bridgehead atoms. The van der Waals surface area contributed by atoms with Crippen LogP contribution in [0, 0.1) is 5.82 Å². The number of ether oxygens (including phenoxy) is 1. The summed E-state index contributed by atoms with van der Waals surface area (Å²) in [5.74, 6) is 0.479. The highest BCUT2D eigenvalue weighted by Crippen LogP contribution is 2.37. The first-order valence-electron chi connectivity index (χ1n) is 6.25. The van der Waals surface area contributed by atoms with E-state index in [9.17, 15) is 4.39 Å². The molecule has 4 heteroatoms. The molecule has 0 amide bonds. The van der Waals surface area contributed by atoms with Crippen LogP contribution in [-0.4, -0.2) is 11.6 Å². The summed E-state index contributed by atoms with van der Waals surface area (Å²) in [6, 6.07) is 8.94. The Morgan fingerprint density at radius 1 is 1.32 bits per heavy atom. The Bertz CT molecular complexity index is 608. The van der Waals surface area contributed by atoms with E-state index in [-0.39, 0.29) is 5.82 Å². The van der Waals surface area contributed by atoms with Crippen LogP contribution in [0.2, 0.25) is 0 Å². The Kier molecular flexibility index (Phi) is 2.75. The molecule has 0 radical (unpaired) electrons. The molecular weight excluding hydrogens is 243 g/mol. The summed E-state index contributed by atoms with van der Waals surface area (Å²) in [6.45, 7) is 2.55. The van der Waals surface area contributed by atoms with E-state index in [0.29, 0.717) is 12.3 Å². The zero-order valence-corrected chi connectivity index (χ0v) is 10.7. The highest BCUT2D eigenvalue weighted by molar-refractivity contribution is 5.50. The van der Waals surface area contributed by atoms with E-state index in [4.69, 9.17) is 10.5 Å². The van der Waals surface area contributed by atoms with Crippen LogP contribution in [-0.2, 0) is 12.0 Å². The number of para-hydroxylation sites is 1. The van der Waals surface area contributed by atoms with Crippen molar-refractivity contribution in [1.29, 1.82) is 0 Å². The Hall–Kier alpha value is -1.94. The molecular formula is C15H15FN2O. The summed E-state index contributed by atoms with van der Waals surface area (Å²) in [6.07, 6.45) is 2.08. The molecule has 0 aliphatic carbocycles. The molecule has 1 aliphatic rings. The number of aromatic nitrogens is 1. The van der Waals surface area contributed by atoms with Crippen molar-refractivity contribution in [2.75, 3.05) is 6.61 Å². The summed E-state index contributed by atoms with van der Waals surface area (Å²) in [7, 11) is 0. The van der Waals surface area contributed by atoms with Crippen molar-refractivity contribution >= 4 is 0 Å². The van der Waals surface area contributed by atoms with Gasteiger partial charge in [0.15, 0.2) is 0 Å². The van der Waals surface area contributed by atoms with E-state index in [0.717, 1.165) is 23.3 Å². The predicted molar refractivity (Wildman–Crippen MR) is 70.5 cm³/mol. The minimum Gasteiger partial charge on any atom is -0.493 e. The van der Waals surface area contributed by atoms with Crippen molar-refractivity contribution in [2.24, 2.45) is 5.73 Å². The van der Waals surface area contributed by atoms with Crippen LogP contribution in [0.25, 0.3) is 0 Å². The first-order valence-corrected chi connectivity index (χ1v) is 6.25. The summed E-state index contributed by atoms with van der Waals surface area (Å²) in [4.78, 5) is 4.10. The maximum absolute atomic E-state index is 13.0. The van der Waals surface area contributed by atoms with Gasteiger partial charge in [0.05, 0.1) is 24.0 Å². The maximum atomic E-state index is 13.0. The van der Waals surface area contributed by atoms with Crippen molar-refractivity contribution < 1.29 is 9.13 Å². The first kappa shape index (κ1) is 12.1. The number of pyridine rings is 1. The fourth-order valence-corrected chi connectivity index (χ4v) is 2.45. The molecule has 0 fully saturated rings. The molecule has 1 atom stereocenters. The summed E-state index contributed by atoms with van der Waals surface area (Å²) >= 11 is 0. The summed E-state index contributed by atoms with van der Waals surface area (Å²) < 4.78 is 18.6. The van der Waals surface area contributed by atoms with Crippen LogP contribution in [0.15, 0.2) is 36.5 Å². The van der Waals surface area contributed by atoms with Crippen LogP contribution in [0.5, 0.6) is 5.75 Å². The van der Waals surface area contributed by atoms with Crippen LogP contribution < -0.4 is 10.5 Å². The lowest BCUT2D eigenvalue weighted by atomic mass is 9.87. The smallest absolute Gasteiger partial charge is 0.141 e. The van der Waals surface area contributed by atoms with E-state index in [1.54, 1.807) is 6.07 Å². The zero-order chi connectivity index (χ0) is 13.5. The van der Waals surface area contributed by atoms with E-state index in [1.807, 2.05) is 25.1 Å². The summed E-state index contributed by atoms with van der Waals surface area (Å²) in [5.41, 5.74) is 8.29. The van der Waals surface area contributed by atoms with Gasteiger partial charge in [0.2, 0.25) is 0 Å². The largest absolute Gasteiger partial charge is 0.493 e. The van der Waals surface area contributed by atoms with Crippen molar-refractivity contribution in [3.05, 3.63) is 59.2 Å². The normalized spacial score (nSPS) is 16.6. The third-order valence-electron chi connectivity index (χ3n) is 3.53. The second-order valence-corrected chi connectivity index (χ2v) is 4.96. The molecule has 3 nitrogen and oxygen atoms in total. The number of nitrogens with two attached hydrogens (primary N) is 1. The van der Waals surface area contributed by atoms with Gasteiger partial charge in [-0.2, -0.15) is 0 Å². The molecule has 0 saturated heterocycles. The molecule has 2 aromatic rings. The average molecular weight is 258 g/mol. The van der Waals surface area contributed by atoms with Gasteiger partial charge in [0, 0.05) is 12.0 Å². The Morgan fingerprint density at radius 3 is 2.89 bits per heavy atom. The monoisotopic (exact) mass is 258 g/mol. The number of halogens is 1. The number of fused-ring (bicyclic) bond motifs is 1. The number of rotatable bonds is 2. The molecule has 3 rings (SSSR count). The van der Waals surface area contributed by atoms with Gasteiger partial charge in [0.25, 0.3) is 0 Å². The number of benzene rings is 1. The Labute approximate surface area is 111 Å². The van der Waals surface area contributed by atoms with Gasteiger partial charge in [-0.15, -0.1) is 0 Å². The minimum absolute atomic E-state index is 0.367. The first-order chi connectivity index (χ1) is 9.09. The van der Waals surface area contributed by atoms with Crippen LogP contribution in [0.1, 0.15) is 23.7 Å². The molecule has 1 aliphatic heterocycles. The minimum atomic E-state index is -0.802. The second kappa shape index (κ2) is 4.31. The molecule has 98 valence electrons. The van der Waals surface area contributed by atoms with Crippen molar-refractivity contribution in [3.63, 3.8) is 0 Å². The number of hydrogen-bond donors (Lipinski definition) is 1. The van der Waals surface area contributed by atoms with Gasteiger partial charge in [-0.05, 0) is 24.6 Å². The topological polar surface area (TPSA) is 48.1 Å². The number of hydrogen-bond acceptors (Lipinski definition) is 3. The summed E-state index contributed by atoms with van der Waals surface area (Å²) in [5, 5.41) is 0. The third-order valence-corrected chi connectivity index (χ3v) is 3.53. The second-order valence-electron chi connectivity index (χ2n) is 4.96. The SMILES string of the molecule is CC(N)(c1ccc(F)cn1)c1cccc2c1OCC2. The number of nitrogens with zero attached hydrogens (tertiary/aromatic N) is 1. The molecule has 0 saturated carbocycles. The quantitative estimate of drug-likeness (QED) is 0.899. The molecule has 1 aromatic heterocycles. The zero-order valence-electron chi connectivity index (χ0n) is 10.7. The molecule has 2 heterocycles. The van der Waals surface area contributed by atoms with Gasteiger partial charge in [-0.25, -0.2) is 4.39 Å². The maximum Gasteiger partial charge on any atom is 0.141 e. The van der Waals surface area contributed by atoms with Crippen molar-refractivity contribution in [3.8, 4) is 5.75 Å². The van der Waals surface area contributed by atoms with E-state index in [2.05, 4.69) is 4.98 Å². The lowest BCUT2D eigenvalue weighted by Gasteiger charge is -2.26. The molecule has 1 unspecified atom stereocenters. The van der Waals surface area contributed by atoms with E-state index < -0.39 is 5.54 Å².